The van der Waals surface area contributed by atoms with E-state index in [1.807, 2.05) is 17.0 Å². The number of nitrogens with zero attached hydrogens (tertiary/aromatic N) is 3. The Bertz CT molecular complexity index is 688. The molecule has 130 valence electrons. The van der Waals surface area contributed by atoms with E-state index in [-0.39, 0.29) is 26.5 Å². The van der Waals surface area contributed by atoms with Crippen LogP contribution in [0, 0.1) is 11.3 Å². The first kappa shape index (κ1) is 20.2. The van der Waals surface area contributed by atoms with E-state index in [9.17, 15) is 5.26 Å². The molecule has 1 aliphatic rings. The van der Waals surface area contributed by atoms with Gasteiger partial charge >= 0.3 is 173 Å². The van der Waals surface area contributed by atoms with E-state index in [0.717, 1.165) is 20.1 Å². The molecular weight excluding hydrogens is 496 g/mol. The predicted molar refractivity (Wildman–Crippen MR) is 104 cm³/mol. The number of alkyl halides is 2. The molecule has 0 saturated carbocycles. The maximum absolute atomic E-state index is 9.66. The molecule has 0 spiro atoms. The minimum atomic E-state index is 0.0500. The van der Waals surface area contributed by atoms with Gasteiger partial charge in [0.15, 0.2) is 0 Å². The van der Waals surface area contributed by atoms with E-state index < -0.39 is 0 Å². The molecule has 1 aromatic rings. The van der Waals surface area contributed by atoms with Crippen molar-refractivity contribution in [1.82, 2.24) is 4.90 Å². The Hall–Kier alpha value is -0.0700. The Morgan fingerprint density at radius 3 is 2.96 bits per heavy atom. The zero-order valence-electron chi connectivity index (χ0n) is 13.3. The minimum absolute atomic E-state index is 0.0500. The van der Waals surface area contributed by atoms with Gasteiger partial charge < -0.3 is 0 Å². The van der Waals surface area contributed by atoms with E-state index in [1.54, 1.807) is 43.0 Å². The average Bonchev–Trinajstić information content (AvgIpc) is 3.02. The van der Waals surface area contributed by atoms with Gasteiger partial charge in [0.05, 0.1) is 0 Å². The van der Waals surface area contributed by atoms with Gasteiger partial charge in [-0.05, 0) is 0 Å². The number of nitriles is 1. The SMILES string of the molecule is CC[I-]CN(C=NC)/C(C#N)=C1\SCC(c2ccc(Cl)cc2Cl)S1. The average molecular weight is 513 g/mol. The van der Waals surface area contributed by atoms with E-state index in [1.165, 1.54) is 4.43 Å². The number of aliphatic imine (C=N–C) groups is 1. The molecule has 0 amide bonds. The van der Waals surface area contributed by atoms with Crippen LogP contribution in [-0.2, 0) is 0 Å². The van der Waals surface area contributed by atoms with Crippen LogP contribution in [0.2, 0.25) is 10.0 Å². The van der Waals surface area contributed by atoms with Crippen molar-refractivity contribution in [2.24, 2.45) is 4.99 Å². The second-order valence-corrected chi connectivity index (χ2v) is 11.4. The molecule has 0 N–H and O–H groups in total. The van der Waals surface area contributed by atoms with Crippen molar-refractivity contribution in [3.05, 3.63) is 43.7 Å². The van der Waals surface area contributed by atoms with Gasteiger partial charge in [0.2, 0.25) is 0 Å². The Morgan fingerprint density at radius 2 is 2.33 bits per heavy atom. The quantitative estimate of drug-likeness (QED) is 0.146. The Balaban J connectivity index is 2.24. The van der Waals surface area contributed by atoms with Crippen molar-refractivity contribution in [3.63, 3.8) is 0 Å². The molecule has 1 fully saturated rings. The third-order valence-corrected chi connectivity index (χ3v) is 8.95. The molecule has 8 heteroatoms. The third-order valence-electron chi connectivity index (χ3n) is 3.17. The Morgan fingerprint density at radius 1 is 1.54 bits per heavy atom. The summed E-state index contributed by atoms with van der Waals surface area (Å²) in [6.45, 7) is 2.19. The molecular formula is C16H17Cl2IN3S2-. The van der Waals surface area contributed by atoms with Gasteiger partial charge in [-0.25, -0.2) is 0 Å². The zero-order chi connectivity index (χ0) is 17.5. The molecule has 0 aromatic heterocycles. The van der Waals surface area contributed by atoms with Gasteiger partial charge in [-0.1, -0.05) is 0 Å². The van der Waals surface area contributed by atoms with Gasteiger partial charge in [-0.15, -0.1) is 0 Å². The van der Waals surface area contributed by atoms with Crippen LogP contribution in [0.25, 0.3) is 0 Å². The number of hydrogen-bond acceptors (Lipinski definition) is 4. The van der Waals surface area contributed by atoms with Gasteiger partial charge in [0.25, 0.3) is 0 Å². The summed E-state index contributed by atoms with van der Waals surface area (Å²) >= 11 is 15.8. The van der Waals surface area contributed by atoms with Gasteiger partial charge in [0.1, 0.15) is 0 Å². The summed E-state index contributed by atoms with van der Waals surface area (Å²) in [5.41, 5.74) is 1.78. The van der Waals surface area contributed by atoms with Gasteiger partial charge in [-0.3, -0.25) is 0 Å². The van der Waals surface area contributed by atoms with Crippen molar-refractivity contribution in [3.8, 4) is 6.07 Å². The molecule has 1 aliphatic heterocycles. The predicted octanol–water partition coefficient (Wildman–Crippen LogP) is 2.23. The summed E-state index contributed by atoms with van der Waals surface area (Å²) in [6, 6.07) is 7.99. The zero-order valence-corrected chi connectivity index (χ0v) is 18.6. The van der Waals surface area contributed by atoms with Crippen molar-refractivity contribution in [2.45, 2.75) is 12.2 Å². The molecule has 1 aromatic carbocycles. The topological polar surface area (TPSA) is 39.4 Å². The molecule has 2 rings (SSSR count). The van der Waals surface area contributed by atoms with Gasteiger partial charge in [-0.2, -0.15) is 0 Å². The van der Waals surface area contributed by atoms with Crippen molar-refractivity contribution in [1.29, 1.82) is 5.26 Å². The summed E-state index contributed by atoms with van der Waals surface area (Å²) in [5.74, 6) is 0.895. The van der Waals surface area contributed by atoms with Crippen LogP contribution in [0.15, 0.2) is 33.1 Å². The Kier molecular flexibility index (Phi) is 8.58. The first-order chi connectivity index (χ1) is 11.6. The third kappa shape index (κ3) is 5.21. The van der Waals surface area contributed by atoms with Crippen LogP contribution in [0.1, 0.15) is 17.7 Å². The summed E-state index contributed by atoms with van der Waals surface area (Å²) in [4.78, 5) is 6.11. The summed E-state index contributed by atoms with van der Waals surface area (Å²) in [7, 11) is 1.74. The van der Waals surface area contributed by atoms with Crippen molar-refractivity contribution in [2.75, 3.05) is 21.8 Å². The molecule has 0 bridgehead atoms. The van der Waals surface area contributed by atoms with E-state index in [0.29, 0.717) is 15.7 Å². The fraction of sp³-hybridized carbons (Fsp3) is 0.375. The molecule has 24 heavy (non-hydrogen) atoms. The monoisotopic (exact) mass is 512 g/mol. The van der Waals surface area contributed by atoms with Crippen LogP contribution in [0.3, 0.4) is 0 Å². The summed E-state index contributed by atoms with van der Waals surface area (Å²) < 4.78 is 3.14. The first-order valence-electron chi connectivity index (χ1n) is 7.21. The number of halogens is 3. The number of benzene rings is 1. The number of hydrogen-bond donors (Lipinski definition) is 0. The van der Waals surface area contributed by atoms with Crippen molar-refractivity contribution < 1.29 is 21.2 Å². The van der Waals surface area contributed by atoms with Crippen LogP contribution >= 0.6 is 46.7 Å². The fourth-order valence-corrected chi connectivity index (χ4v) is 7.15. The molecule has 3 nitrogen and oxygen atoms in total. The van der Waals surface area contributed by atoms with E-state index >= 15 is 0 Å². The van der Waals surface area contributed by atoms with Crippen LogP contribution in [0.5, 0.6) is 0 Å². The van der Waals surface area contributed by atoms with Crippen LogP contribution in [-0.4, -0.2) is 33.0 Å². The first-order valence-corrected chi connectivity index (χ1v) is 12.9. The number of thioether (sulfide) groups is 2. The van der Waals surface area contributed by atoms with Crippen molar-refractivity contribution >= 4 is 53.1 Å². The molecule has 1 atom stereocenters. The molecule has 1 saturated heterocycles. The summed E-state index contributed by atoms with van der Waals surface area (Å²) in [6.07, 6.45) is 1.77. The second-order valence-electron chi connectivity index (χ2n) is 4.75. The van der Waals surface area contributed by atoms with Gasteiger partial charge in [0, 0.05) is 0 Å². The second kappa shape index (κ2) is 10.2. The van der Waals surface area contributed by atoms with Crippen LogP contribution in [0.4, 0.5) is 0 Å². The normalized spacial score (nSPS) is 19.7. The molecule has 0 radical (unpaired) electrons. The standard InChI is InChI=1S/C16H17Cl2IN3S2/c1-3-19-9-22(10-21-2)14(7-20)16-23-8-15(24-16)12-5-4-11(17)6-13(12)18/h4-6,10,15H,3,8-9H2,1-2H3/q-1/b16-14+,21-10?. The van der Waals surface area contributed by atoms with Crippen LogP contribution < -0.4 is 21.2 Å². The molecule has 1 heterocycles. The number of allylic oxidation sites excluding steroid dienone is 1. The van der Waals surface area contributed by atoms with E-state index in [4.69, 9.17) is 23.2 Å². The molecule has 1 unspecified atom stereocenters. The van der Waals surface area contributed by atoms with E-state index in [2.05, 4.69) is 18.0 Å². The molecule has 0 aliphatic carbocycles. The maximum atomic E-state index is 9.66. The Labute approximate surface area is 172 Å². The number of rotatable bonds is 6. The summed E-state index contributed by atoms with van der Waals surface area (Å²) in [5, 5.41) is 11.2. The fourth-order valence-electron chi connectivity index (χ4n) is 2.08.